The number of fused-ring (bicyclic) bond motifs is 1. The van der Waals surface area contributed by atoms with Gasteiger partial charge in [-0.2, -0.15) is 0 Å². The van der Waals surface area contributed by atoms with Crippen molar-refractivity contribution < 1.29 is 19.4 Å². The number of rotatable bonds is 5. The van der Waals surface area contributed by atoms with Gasteiger partial charge in [0.1, 0.15) is 11.7 Å². The van der Waals surface area contributed by atoms with Crippen molar-refractivity contribution in [1.29, 1.82) is 0 Å². The van der Waals surface area contributed by atoms with Gasteiger partial charge in [-0.1, -0.05) is 31.6 Å². The molecular weight excluding hydrogens is 406 g/mol. The number of pyridine rings is 1. The summed E-state index contributed by atoms with van der Waals surface area (Å²) in [6.45, 7) is 5.98. The Kier molecular flexibility index (Phi) is 8.14. The summed E-state index contributed by atoms with van der Waals surface area (Å²) in [6.07, 6.45) is 7.23. The molecule has 2 aliphatic rings. The molecule has 1 aliphatic carbocycles. The molecule has 174 valence electrons. The molecule has 2 amide bonds. The zero-order chi connectivity index (χ0) is 23.3. The molecule has 0 bridgehead atoms. The second kappa shape index (κ2) is 10.8. The third-order valence-corrected chi connectivity index (χ3v) is 6.61. The molecule has 0 aromatic carbocycles. The number of carbonyl (C=O) groups excluding carboxylic acids is 2. The summed E-state index contributed by atoms with van der Waals surface area (Å²) in [7, 11) is 1.73. The number of hydrogen-bond donors (Lipinski definition) is 1. The Balaban J connectivity index is 1.91. The summed E-state index contributed by atoms with van der Waals surface area (Å²) < 4.78 is 6.18. The van der Waals surface area contributed by atoms with Crippen LogP contribution in [0.2, 0.25) is 0 Å². The number of nitrogens with zero attached hydrogens (tertiary/aromatic N) is 3. The van der Waals surface area contributed by atoms with Crippen LogP contribution in [0.4, 0.5) is 0 Å². The highest BCUT2D eigenvalue weighted by molar-refractivity contribution is 5.97. The van der Waals surface area contributed by atoms with Crippen LogP contribution in [0.5, 0.6) is 5.88 Å². The highest BCUT2D eigenvalue weighted by atomic mass is 16.5. The summed E-state index contributed by atoms with van der Waals surface area (Å²) >= 11 is 0. The van der Waals surface area contributed by atoms with Crippen molar-refractivity contribution in [1.82, 2.24) is 14.8 Å². The summed E-state index contributed by atoms with van der Waals surface area (Å²) in [5.41, 5.74) is 1.03. The lowest BCUT2D eigenvalue weighted by Gasteiger charge is -2.37. The van der Waals surface area contributed by atoms with E-state index < -0.39 is 0 Å². The standard InChI is InChI=1S/C25H35N3O4/c1-17-14-28(18(2)16-29)25(31)22-12-21(11-7-10-20-8-5-6-9-20)13-26-24(22)32-23(17)15-27(4)19(3)30/h12-13,17-18,20,23,29H,5-6,8-10,14-16H2,1-4H3/t17-,18+,23-/m1/s1. The van der Waals surface area contributed by atoms with Crippen LogP contribution in [0.3, 0.4) is 0 Å². The normalized spacial score (nSPS) is 22.2. The molecule has 0 saturated heterocycles. The quantitative estimate of drug-likeness (QED) is 0.711. The smallest absolute Gasteiger partial charge is 0.259 e. The van der Waals surface area contributed by atoms with Crippen molar-refractivity contribution in [2.75, 3.05) is 26.7 Å². The lowest BCUT2D eigenvalue weighted by atomic mass is 10.00. The van der Waals surface area contributed by atoms with E-state index in [0.717, 1.165) is 6.42 Å². The lowest BCUT2D eigenvalue weighted by Crippen LogP contribution is -2.50. The molecular formula is C25H35N3O4. The van der Waals surface area contributed by atoms with Crippen molar-refractivity contribution in [2.45, 2.75) is 65.0 Å². The Morgan fingerprint density at radius 1 is 1.41 bits per heavy atom. The van der Waals surface area contributed by atoms with Gasteiger partial charge in [0.05, 0.1) is 19.2 Å². The molecule has 1 aliphatic heterocycles. The Morgan fingerprint density at radius 2 is 2.12 bits per heavy atom. The highest BCUT2D eigenvalue weighted by Gasteiger charge is 2.34. The monoisotopic (exact) mass is 441 g/mol. The molecule has 1 aromatic rings. The van der Waals surface area contributed by atoms with Crippen LogP contribution >= 0.6 is 0 Å². The number of ether oxygens (including phenoxy) is 1. The number of hydrogen-bond acceptors (Lipinski definition) is 5. The van der Waals surface area contributed by atoms with Gasteiger partial charge in [0.25, 0.3) is 5.91 Å². The van der Waals surface area contributed by atoms with Gasteiger partial charge in [-0.25, -0.2) is 4.98 Å². The van der Waals surface area contributed by atoms with Crippen LogP contribution in [-0.2, 0) is 4.79 Å². The summed E-state index contributed by atoms with van der Waals surface area (Å²) in [6, 6.07) is 1.39. The Hall–Kier alpha value is -2.59. The van der Waals surface area contributed by atoms with E-state index in [-0.39, 0.29) is 42.4 Å². The number of amides is 2. The van der Waals surface area contributed by atoms with Gasteiger partial charge in [0.2, 0.25) is 11.8 Å². The van der Waals surface area contributed by atoms with E-state index in [2.05, 4.69) is 16.8 Å². The Bertz CT molecular complexity index is 885. The zero-order valence-electron chi connectivity index (χ0n) is 19.6. The molecule has 7 heteroatoms. The molecule has 2 heterocycles. The van der Waals surface area contributed by atoms with Crippen molar-refractivity contribution in [2.24, 2.45) is 11.8 Å². The first-order chi connectivity index (χ1) is 15.3. The lowest BCUT2D eigenvalue weighted by molar-refractivity contribution is -0.129. The van der Waals surface area contributed by atoms with Crippen LogP contribution in [0, 0.1) is 23.7 Å². The molecule has 3 rings (SSSR count). The van der Waals surface area contributed by atoms with E-state index in [9.17, 15) is 14.7 Å². The number of aliphatic hydroxyl groups is 1. The maximum absolute atomic E-state index is 13.4. The molecule has 1 fully saturated rings. The molecule has 1 saturated carbocycles. The second-order valence-corrected chi connectivity index (χ2v) is 9.26. The molecule has 1 aromatic heterocycles. The van der Waals surface area contributed by atoms with E-state index in [4.69, 9.17) is 4.74 Å². The fourth-order valence-electron chi connectivity index (χ4n) is 4.30. The van der Waals surface area contributed by atoms with E-state index in [1.807, 2.05) is 13.8 Å². The summed E-state index contributed by atoms with van der Waals surface area (Å²) in [5.74, 6) is 7.00. The molecule has 3 atom stereocenters. The summed E-state index contributed by atoms with van der Waals surface area (Å²) in [4.78, 5) is 32.9. The van der Waals surface area contributed by atoms with Gasteiger partial charge < -0.3 is 19.6 Å². The second-order valence-electron chi connectivity index (χ2n) is 9.26. The van der Waals surface area contributed by atoms with E-state index >= 15 is 0 Å². The van der Waals surface area contributed by atoms with Gasteiger partial charge >= 0.3 is 0 Å². The summed E-state index contributed by atoms with van der Waals surface area (Å²) in [5, 5.41) is 9.74. The molecule has 0 radical (unpaired) electrons. The number of aromatic nitrogens is 1. The van der Waals surface area contributed by atoms with Gasteiger partial charge in [0, 0.05) is 44.6 Å². The van der Waals surface area contributed by atoms with Crippen molar-refractivity contribution in [3.8, 4) is 17.7 Å². The van der Waals surface area contributed by atoms with E-state index in [0.29, 0.717) is 30.1 Å². The number of carbonyl (C=O) groups is 2. The maximum atomic E-state index is 13.4. The third-order valence-electron chi connectivity index (χ3n) is 6.61. The molecule has 1 N–H and O–H groups in total. The zero-order valence-corrected chi connectivity index (χ0v) is 19.6. The molecule has 0 unspecified atom stereocenters. The predicted octanol–water partition coefficient (Wildman–Crippen LogP) is 2.71. The minimum atomic E-state index is -0.348. The maximum Gasteiger partial charge on any atom is 0.259 e. The van der Waals surface area contributed by atoms with Gasteiger partial charge in [-0.3, -0.25) is 9.59 Å². The average molecular weight is 442 g/mol. The van der Waals surface area contributed by atoms with Crippen LogP contribution in [-0.4, -0.2) is 70.6 Å². The highest BCUT2D eigenvalue weighted by Crippen LogP contribution is 2.28. The van der Waals surface area contributed by atoms with E-state index in [1.54, 1.807) is 29.1 Å². The van der Waals surface area contributed by atoms with Crippen LogP contribution in [0.15, 0.2) is 12.3 Å². The number of likely N-dealkylation sites (N-methyl/N-ethyl adjacent to an activating group) is 1. The minimum absolute atomic E-state index is 0.0550. The number of aliphatic hydroxyl groups excluding tert-OH is 1. The Labute approximate surface area is 191 Å². The minimum Gasteiger partial charge on any atom is -0.472 e. The van der Waals surface area contributed by atoms with Crippen molar-refractivity contribution in [3.05, 3.63) is 23.4 Å². The fourth-order valence-corrected chi connectivity index (χ4v) is 4.30. The first-order valence-corrected chi connectivity index (χ1v) is 11.6. The largest absolute Gasteiger partial charge is 0.472 e. The SMILES string of the molecule is CC(=O)N(C)C[C@H]1Oc2ncc(C#CCC3CCCC3)cc2C(=O)N([C@@H](C)CO)C[C@H]1C. The van der Waals surface area contributed by atoms with Crippen LogP contribution in [0.25, 0.3) is 0 Å². The van der Waals surface area contributed by atoms with Crippen LogP contribution < -0.4 is 4.74 Å². The van der Waals surface area contributed by atoms with Crippen molar-refractivity contribution >= 4 is 11.8 Å². The fraction of sp³-hybridized carbons (Fsp3) is 0.640. The van der Waals surface area contributed by atoms with Gasteiger partial charge in [-0.05, 0) is 31.7 Å². The molecule has 0 spiro atoms. The Morgan fingerprint density at radius 3 is 2.78 bits per heavy atom. The topological polar surface area (TPSA) is 83.0 Å². The van der Waals surface area contributed by atoms with Crippen LogP contribution in [0.1, 0.15) is 68.8 Å². The average Bonchev–Trinajstić information content (AvgIpc) is 3.29. The van der Waals surface area contributed by atoms with Gasteiger partial charge in [-0.15, -0.1) is 0 Å². The van der Waals surface area contributed by atoms with E-state index in [1.165, 1.54) is 32.6 Å². The van der Waals surface area contributed by atoms with Crippen molar-refractivity contribution in [3.63, 3.8) is 0 Å². The third kappa shape index (κ3) is 5.80. The van der Waals surface area contributed by atoms with Gasteiger partial charge in [0.15, 0.2) is 0 Å². The first-order valence-electron chi connectivity index (χ1n) is 11.6. The predicted molar refractivity (Wildman–Crippen MR) is 122 cm³/mol. The molecule has 32 heavy (non-hydrogen) atoms. The molecule has 7 nitrogen and oxygen atoms in total. The first kappa shape index (κ1) is 24.1.